The molecule has 7 nitrogen and oxygen atoms in total. The molecule has 168 valence electrons. The Morgan fingerprint density at radius 3 is 2.52 bits per heavy atom. The molecule has 1 aliphatic heterocycles. The van der Waals surface area contributed by atoms with Gasteiger partial charge >= 0.3 is 6.61 Å². The maximum Gasteiger partial charge on any atom is 0.387 e. The van der Waals surface area contributed by atoms with Crippen LogP contribution in [0.2, 0.25) is 0 Å². The molecule has 1 aliphatic rings. The molecule has 0 aromatic heterocycles. The molecule has 0 spiro atoms. The first kappa shape index (κ1) is 22.9. The van der Waals surface area contributed by atoms with Gasteiger partial charge < -0.3 is 14.8 Å². The second kappa shape index (κ2) is 9.56. The van der Waals surface area contributed by atoms with Crippen molar-refractivity contribution in [1.29, 1.82) is 0 Å². The Bertz CT molecular complexity index is 1030. The van der Waals surface area contributed by atoms with E-state index in [1.807, 2.05) is 0 Å². The lowest BCUT2D eigenvalue weighted by molar-refractivity contribution is -0.120. The van der Waals surface area contributed by atoms with Crippen LogP contribution in [-0.2, 0) is 14.8 Å². The first-order valence-corrected chi connectivity index (χ1v) is 10.8. The number of nitrogens with zero attached hydrogens (tertiary/aromatic N) is 1. The summed E-state index contributed by atoms with van der Waals surface area (Å²) in [6, 6.07) is 8.46. The van der Waals surface area contributed by atoms with Crippen molar-refractivity contribution in [1.82, 2.24) is 4.31 Å². The van der Waals surface area contributed by atoms with Crippen molar-refractivity contribution in [2.75, 3.05) is 25.5 Å². The van der Waals surface area contributed by atoms with Crippen LogP contribution in [0.4, 0.5) is 18.9 Å². The first-order chi connectivity index (χ1) is 14.7. The topological polar surface area (TPSA) is 84.9 Å². The van der Waals surface area contributed by atoms with Gasteiger partial charge in [-0.25, -0.2) is 12.8 Å². The van der Waals surface area contributed by atoms with Crippen molar-refractivity contribution in [2.24, 2.45) is 5.92 Å². The molecule has 0 unspecified atom stereocenters. The van der Waals surface area contributed by atoms with Gasteiger partial charge in [0.1, 0.15) is 5.82 Å². The highest BCUT2D eigenvalue weighted by molar-refractivity contribution is 7.89. The molecule has 2 aromatic carbocycles. The number of piperidine rings is 1. The Hall–Kier alpha value is -2.79. The first-order valence-electron chi connectivity index (χ1n) is 9.40. The number of benzene rings is 2. The van der Waals surface area contributed by atoms with Crippen molar-refractivity contribution in [3.63, 3.8) is 0 Å². The number of sulfonamides is 1. The Morgan fingerprint density at radius 1 is 1.16 bits per heavy atom. The molecule has 0 bridgehead atoms. The number of carbonyl (C=O) groups excluding carboxylic acids is 1. The highest BCUT2D eigenvalue weighted by Crippen LogP contribution is 2.32. The molecule has 0 aliphatic carbocycles. The Kier molecular flexibility index (Phi) is 7.06. The van der Waals surface area contributed by atoms with Gasteiger partial charge in [-0.15, -0.1) is 0 Å². The number of hydrogen-bond acceptors (Lipinski definition) is 5. The van der Waals surface area contributed by atoms with Gasteiger partial charge in [-0.3, -0.25) is 4.79 Å². The molecule has 1 amide bonds. The zero-order valence-corrected chi connectivity index (χ0v) is 17.4. The van der Waals surface area contributed by atoms with Crippen LogP contribution in [0.1, 0.15) is 12.8 Å². The number of carbonyl (C=O) groups is 1. The summed E-state index contributed by atoms with van der Waals surface area (Å²) in [4.78, 5) is 12.7. The van der Waals surface area contributed by atoms with Crippen molar-refractivity contribution in [2.45, 2.75) is 24.3 Å². The molecule has 1 heterocycles. The van der Waals surface area contributed by atoms with Gasteiger partial charge in [-0.1, -0.05) is 0 Å². The predicted octanol–water partition coefficient (Wildman–Crippen LogP) is 3.48. The van der Waals surface area contributed by atoms with E-state index in [0.29, 0.717) is 18.5 Å². The summed E-state index contributed by atoms with van der Waals surface area (Å²) in [6.07, 6.45) is 0.952. The summed E-state index contributed by atoms with van der Waals surface area (Å²) in [7, 11) is -2.59. The summed E-state index contributed by atoms with van der Waals surface area (Å²) in [5, 5.41) is 2.65. The quantitative estimate of drug-likeness (QED) is 0.687. The van der Waals surface area contributed by atoms with E-state index in [1.165, 1.54) is 41.7 Å². The molecule has 1 fully saturated rings. The van der Waals surface area contributed by atoms with Crippen LogP contribution in [0.5, 0.6) is 11.5 Å². The molecular formula is C20H21F3N2O5S. The maximum atomic E-state index is 13.1. The number of nitrogens with one attached hydrogen (secondary N) is 1. The van der Waals surface area contributed by atoms with Gasteiger partial charge in [-0.2, -0.15) is 13.1 Å². The molecule has 1 saturated heterocycles. The molecule has 11 heteroatoms. The van der Waals surface area contributed by atoms with Crippen LogP contribution >= 0.6 is 0 Å². The van der Waals surface area contributed by atoms with E-state index in [-0.39, 0.29) is 29.5 Å². The third-order valence-corrected chi connectivity index (χ3v) is 6.73. The largest absolute Gasteiger partial charge is 0.493 e. The van der Waals surface area contributed by atoms with E-state index in [9.17, 15) is 26.4 Å². The molecule has 1 N–H and O–H groups in total. The van der Waals surface area contributed by atoms with E-state index in [0.717, 1.165) is 12.1 Å². The number of amides is 1. The summed E-state index contributed by atoms with van der Waals surface area (Å²) >= 11 is 0. The number of methoxy groups -OCH3 is 1. The van der Waals surface area contributed by atoms with Gasteiger partial charge in [0.15, 0.2) is 11.5 Å². The van der Waals surface area contributed by atoms with Crippen molar-refractivity contribution < 1.29 is 35.9 Å². The highest BCUT2D eigenvalue weighted by Gasteiger charge is 2.33. The smallest absolute Gasteiger partial charge is 0.387 e. The lowest BCUT2D eigenvalue weighted by Gasteiger charge is -2.31. The van der Waals surface area contributed by atoms with Gasteiger partial charge in [0, 0.05) is 24.8 Å². The monoisotopic (exact) mass is 458 g/mol. The SMILES string of the molecule is COc1cc(NC(=O)[C@@H]2CCCN(S(=O)(=O)c3ccc(F)cc3)C2)ccc1OC(F)F. The standard InChI is InChI=1S/C20H21F3N2O5S/c1-29-18-11-15(6-9-17(18)30-20(22)23)24-19(26)13-3-2-10-25(12-13)31(27,28)16-7-4-14(21)5-8-16/h4-9,11,13,20H,2-3,10,12H2,1H3,(H,24,26)/t13-/m1/s1. The predicted molar refractivity (Wildman–Crippen MR) is 106 cm³/mol. The van der Waals surface area contributed by atoms with Gasteiger partial charge in [0.05, 0.1) is 17.9 Å². The van der Waals surface area contributed by atoms with E-state index in [4.69, 9.17) is 4.74 Å². The Labute approximate surface area is 177 Å². The van der Waals surface area contributed by atoms with Gasteiger partial charge in [-0.05, 0) is 49.2 Å². The van der Waals surface area contributed by atoms with Crippen LogP contribution in [0.15, 0.2) is 47.4 Å². The molecule has 0 radical (unpaired) electrons. The number of alkyl halides is 2. The Morgan fingerprint density at radius 2 is 1.87 bits per heavy atom. The molecule has 0 saturated carbocycles. The van der Waals surface area contributed by atoms with E-state index < -0.39 is 34.3 Å². The van der Waals surface area contributed by atoms with Gasteiger partial charge in [0.2, 0.25) is 15.9 Å². The van der Waals surface area contributed by atoms with E-state index in [2.05, 4.69) is 10.1 Å². The zero-order chi connectivity index (χ0) is 22.6. The lowest BCUT2D eigenvalue weighted by atomic mass is 9.98. The average Bonchev–Trinajstić information content (AvgIpc) is 2.74. The number of ether oxygens (including phenoxy) is 2. The molecule has 2 aromatic rings. The highest BCUT2D eigenvalue weighted by atomic mass is 32.2. The average molecular weight is 458 g/mol. The number of anilines is 1. The second-order valence-electron chi connectivity index (χ2n) is 6.89. The minimum atomic E-state index is -3.87. The maximum absolute atomic E-state index is 13.1. The van der Waals surface area contributed by atoms with Crippen LogP contribution in [0, 0.1) is 11.7 Å². The fourth-order valence-electron chi connectivity index (χ4n) is 3.31. The fraction of sp³-hybridized carbons (Fsp3) is 0.350. The summed E-state index contributed by atoms with van der Waals surface area (Å²) < 4.78 is 74.2. The second-order valence-corrected chi connectivity index (χ2v) is 8.83. The molecular weight excluding hydrogens is 437 g/mol. The van der Waals surface area contributed by atoms with Crippen LogP contribution in [-0.4, -0.2) is 45.4 Å². The van der Waals surface area contributed by atoms with Crippen molar-refractivity contribution in [3.8, 4) is 11.5 Å². The number of rotatable bonds is 7. The molecule has 1 atom stereocenters. The van der Waals surface area contributed by atoms with Crippen LogP contribution in [0.25, 0.3) is 0 Å². The number of hydrogen-bond donors (Lipinski definition) is 1. The molecule has 3 rings (SSSR count). The summed E-state index contributed by atoms with van der Waals surface area (Å²) in [5.41, 5.74) is 0.294. The number of halogens is 3. The zero-order valence-electron chi connectivity index (χ0n) is 16.6. The van der Waals surface area contributed by atoms with Crippen molar-refractivity contribution in [3.05, 3.63) is 48.3 Å². The normalized spacial score (nSPS) is 17.4. The van der Waals surface area contributed by atoms with E-state index in [1.54, 1.807) is 0 Å². The minimum absolute atomic E-state index is 0.0160. The third-order valence-electron chi connectivity index (χ3n) is 4.85. The van der Waals surface area contributed by atoms with Crippen LogP contribution < -0.4 is 14.8 Å². The summed E-state index contributed by atoms with van der Waals surface area (Å²) in [5.74, 6) is -1.74. The third kappa shape index (κ3) is 5.47. The Balaban J connectivity index is 1.70. The van der Waals surface area contributed by atoms with E-state index >= 15 is 0 Å². The lowest BCUT2D eigenvalue weighted by Crippen LogP contribution is -2.43. The molecule has 31 heavy (non-hydrogen) atoms. The van der Waals surface area contributed by atoms with Crippen molar-refractivity contribution >= 4 is 21.6 Å². The van der Waals surface area contributed by atoms with Crippen LogP contribution in [0.3, 0.4) is 0 Å². The van der Waals surface area contributed by atoms with Gasteiger partial charge in [0.25, 0.3) is 0 Å². The summed E-state index contributed by atoms with van der Waals surface area (Å²) in [6.45, 7) is -2.81. The fourth-order valence-corrected chi connectivity index (χ4v) is 4.84. The minimum Gasteiger partial charge on any atom is -0.493 e.